The topological polar surface area (TPSA) is 78.5 Å². The van der Waals surface area contributed by atoms with E-state index < -0.39 is 10.0 Å². The van der Waals surface area contributed by atoms with E-state index in [1.165, 1.54) is 12.1 Å². The van der Waals surface area contributed by atoms with Crippen LogP contribution in [0.4, 0.5) is 0 Å². The Kier molecular flexibility index (Phi) is 5.20. The molecule has 1 saturated heterocycles. The summed E-state index contributed by atoms with van der Waals surface area (Å²) in [4.78, 5) is 14.4. The number of nitrogens with zero attached hydrogens (tertiary/aromatic N) is 1. The Bertz CT molecular complexity index is 643. The van der Waals surface area contributed by atoms with E-state index in [1.54, 1.807) is 30.9 Å². The van der Waals surface area contributed by atoms with Crippen molar-refractivity contribution in [3.8, 4) is 0 Å². The van der Waals surface area contributed by atoms with E-state index in [1.807, 2.05) is 6.92 Å². The first-order valence-electron chi connectivity index (χ1n) is 7.44. The zero-order valence-electron chi connectivity index (χ0n) is 13.2. The van der Waals surface area contributed by atoms with Crippen molar-refractivity contribution in [1.29, 1.82) is 0 Å². The number of hydrogen-bond donors (Lipinski definition) is 2. The molecule has 1 atom stereocenters. The molecule has 1 amide bonds. The standard InChI is InChI=1S/C15H23N3O3S/c1-11(2)17-22(20,21)14-6-4-5-13(9-14)15(19)18-8-7-16-12(3)10-18/h4-6,9,11-12,16-17H,7-8,10H2,1-3H3. The van der Waals surface area contributed by atoms with Crippen LogP contribution in [0.3, 0.4) is 0 Å². The van der Waals surface area contributed by atoms with Gasteiger partial charge in [-0.1, -0.05) is 6.07 Å². The number of nitrogens with one attached hydrogen (secondary N) is 2. The minimum absolute atomic E-state index is 0.121. The first kappa shape index (κ1) is 16.9. The van der Waals surface area contributed by atoms with E-state index in [0.29, 0.717) is 18.7 Å². The Balaban J connectivity index is 2.23. The number of benzene rings is 1. The second-order valence-corrected chi connectivity index (χ2v) is 7.62. The fourth-order valence-electron chi connectivity index (χ4n) is 2.47. The number of carbonyl (C=O) groups excluding carboxylic acids is 1. The van der Waals surface area contributed by atoms with Gasteiger partial charge in [-0.15, -0.1) is 0 Å². The molecule has 1 aliphatic rings. The molecule has 0 saturated carbocycles. The highest BCUT2D eigenvalue weighted by Gasteiger charge is 2.23. The third-order valence-corrected chi connectivity index (χ3v) is 5.09. The van der Waals surface area contributed by atoms with Gasteiger partial charge in [0.25, 0.3) is 5.91 Å². The van der Waals surface area contributed by atoms with Crippen LogP contribution in [0.25, 0.3) is 0 Å². The molecular weight excluding hydrogens is 302 g/mol. The molecule has 7 heteroatoms. The maximum atomic E-state index is 12.5. The molecule has 0 aliphatic carbocycles. The summed E-state index contributed by atoms with van der Waals surface area (Å²) in [6, 6.07) is 6.25. The molecule has 1 aliphatic heterocycles. The van der Waals surface area contributed by atoms with Crippen molar-refractivity contribution in [3.05, 3.63) is 29.8 Å². The summed E-state index contributed by atoms with van der Waals surface area (Å²) in [7, 11) is -3.59. The Labute approximate surface area is 131 Å². The number of hydrogen-bond acceptors (Lipinski definition) is 4. The normalized spacial score (nSPS) is 19.5. The lowest BCUT2D eigenvalue weighted by Crippen LogP contribution is -2.51. The lowest BCUT2D eigenvalue weighted by atomic mass is 10.1. The van der Waals surface area contributed by atoms with Gasteiger partial charge in [0.05, 0.1) is 4.90 Å². The summed E-state index contributed by atoms with van der Waals surface area (Å²) in [5.41, 5.74) is 0.403. The van der Waals surface area contributed by atoms with Gasteiger partial charge >= 0.3 is 0 Å². The lowest BCUT2D eigenvalue weighted by Gasteiger charge is -2.32. The van der Waals surface area contributed by atoms with Gasteiger partial charge in [-0.2, -0.15) is 0 Å². The Hall–Kier alpha value is -1.44. The van der Waals surface area contributed by atoms with Gasteiger partial charge in [-0.05, 0) is 39.0 Å². The van der Waals surface area contributed by atoms with E-state index in [-0.39, 0.29) is 22.9 Å². The minimum Gasteiger partial charge on any atom is -0.336 e. The van der Waals surface area contributed by atoms with Gasteiger partial charge in [-0.25, -0.2) is 13.1 Å². The highest BCUT2D eigenvalue weighted by atomic mass is 32.2. The van der Waals surface area contributed by atoms with Crippen molar-refractivity contribution in [1.82, 2.24) is 14.9 Å². The van der Waals surface area contributed by atoms with Crippen LogP contribution in [0.2, 0.25) is 0 Å². The quantitative estimate of drug-likeness (QED) is 0.858. The molecule has 1 fully saturated rings. The number of piperazine rings is 1. The van der Waals surface area contributed by atoms with Crippen LogP contribution in [0.15, 0.2) is 29.2 Å². The summed E-state index contributed by atoms with van der Waals surface area (Å²) < 4.78 is 26.9. The van der Waals surface area contributed by atoms with Gasteiger partial charge in [0.1, 0.15) is 0 Å². The van der Waals surface area contributed by atoms with Crippen molar-refractivity contribution < 1.29 is 13.2 Å². The molecular formula is C15H23N3O3S. The van der Waals surface area contributed by atoms with E-state index >= 15 is 0 Å². The van der Waals surface area contributed by atoms with Crippen LogP contribution in [0.1, 0.15) is 31.1 Å². The molecule has 0 radical (unpaired) electrons. The van der Waals surface area contributed by atoms with Gasteiger partial charge < -0.3 is 10.2 Å². The summed E-state index contributed by atoms with van der Waals surface area (Å²) in [5.74, 6) is -0.130. The van der Waals surface area contributed by atoms with Gasteiger partial charge in [-0.3, -0.25) is 4.79 Å². The van der Waals surface area contributed by atoms with E-state index in [0.717, 1.165) is 6.54 Å². The van der Waals surface area contributed by atoms with Crippen molar-refractivity contribution >= 4 is 15.9 Å². The van der Waals surface area contributed by atoms with Gasteiger partial charge in [0.15, 0.2) is 0 Å². The van der Waals surface area contributed by atoms with E-state index in [2.05, 4.69) is 10.0 Å². The second-order valence-electron chi connectivity index (χ2n) is 5.91. The first-order valence-corrected chi connectivity index (χ1v) is 8.93. The van der Waals surface area contributed by atoms with Crippen LogP contribution in [0, 0.1) is 0 Å². The van der Waals surface area contributed by atoms with Crippen molar-refractivity contribution in [2.24, 2.45) is 0 Å². The van der Waals surface area contributed by atoms with Crippen LogP contribution in [-0.2, 0) is 10.0 Å². The molecule has 2 rings (SSSR count). The van der Waals surface area contributed by atoms with Gasteiger partial charge in [0, 0.05) is 37.3 Å². The molecule has 1 aromatic carbocycles. The molecule has 122 valence electrons. The predicted molar refractivity (Wildman–Crippen MR) is 85.3 cm³/mol. The Morgan fingerprint density at radius 3 is 2.77 bits per heavy atom. The molecule has 6 nitrogen and oxygen atoms in total. The lowest BCUT2D eigenvalue weighted by molar-refractivity contribution is 0.0709. The highest BCUT2D eigenvalue weighted by molar-refractivity contribution is 7.89. The minimum atomic E-state index is -3.59. The molecule has 22 heavy (non-hydrogen) atoms. The SMILES string of the molecule is CC(C)NS(=O)(=O)c1cccc(C(=O)N2CCNC(C)C2)c1. The molecule has 1 aromatic rings. The van der Waals surface area contributed by atoms with E-state index in [4.69, 9.17) is 0 Å². The molecule has 0 aromatic heterocycles. The second kappa shape index (κ2) is 6.76. The zero-order valence-corrected chi connectivity index (χ0v) is 14.0. The molecule has 1 heterocycles. The fraction of sp³-hybridized carbons (Fsp3) is 0.533. The number of amides is 1. The van der Waals surface area contributed by atoms with Crippen LogP contribution in [0.5, 0.6) is 0 Å². The average Bonchev–Trinajstić information content (AvgIpc) is 2.45. The van der Waals surface area contributed by atoms with Crippen LogP contribution >= 0.6 is 0 Å². The summed E-state index contributed by atoms with van der Waals surface area (Å²) in [6.45, 7) is 7.54. The Morgan fingerprint density at radius 2 is 2.14 bits per heavy atom. The number of sulfonamides is 1. The average molecular weight is 325 g/mol. The van der Waals surface area contributed by atoms with Crippen molar-refractivity contribution in [2.75, 3.05) is 19.6 Å². The van der Waals surface area contributed by atoms with Crippen LogP contribution in [-0.4, -0.2) is 50.9 Å². The smallest absolute Gasteiger partial charge is 0.253 e. The summed E-state index contributed by atoms with van der Waals surface area (Å²) >= 11 is 0. The van der Waals surface area contributed by atoms with Crippen LogP contribution < -0.4 is 10.0 Å². The third-order valence-electron chi connectivity index (χ3n) is 3.44. The summed E-state index contributed by atoms with van der Waals surface area (Å²) in [5, 5.41) is 3.28. The molecule has 1 unspecified atom stereocenters. The molecule has 0 bridgehead atoms. The van der Waals surface area contributed by atoms with Gasteiger partial charge in [0.2, 0.25) is 10.0 Å². The number of rotatable bonds is 4. The van der Waals surface area contributed by atoms with E-state index in [9.17, 15) is 13.2 Å². The Morgan fingerprint density at radius 1 is 1.41 bits per heavy atom. The zero-order chi connectivity index (χ0) is 16.3. The van der Waals surface area contributed by atoms with Crippen molar-refractivity contribution in [2.45, 2.75) is 37.8 Å². The predicted octanol–water partition coefficient (Wildman–Crippen LogP) is 0.807. The molecule has 2 N–H and O–H groups in total. The molecule has 0 spiro atoms. The van der Waals surface area contributed by atoms with Crippen molar-refractivity contribution in [3.63, 3.8) is 0 Å². The maximum Gasteiger partial charge on any atom is 0.253 e. The number of carbonyl (C=O) groups is 1. The highest BCUT2D eigenvalue weighted by Crippen LogP contribution is 2.15. The maximum absolute atomic E-state index is 12.5. The monoisotopic (exact) mass is 325 g/mol. The summed E-state index contributed by atoms with van der Waals surface area (Å²) in [6.07, 6.45) is 0. The fourth-order valence-corrected chi connectivity index (χ4v) is 3.77. The first-order chi connectivity index (χ1) is 10.3. The third kappa shape index (κ3) is 4.06. The largest absolute Gasteiger partial charge is 0.336 e.